The lowest BCUT2D eigenvalue weighted by Crippen LogP contribution is -1.87. The van der Waals surface area contributed by atoms with E-state index in [4.69, 9.17) is 9.47 Å². The summed E-state index contributed by atoms with van der Waals surface area (Å²) in [5.74, 6) is 2.35. The summed E-state index contributed by atoms with van der Waals surface area (Å²) >= 11 is 0. The first-order valence-electron chi connectivity index (χ1n) is 8.09. The number of aromatic amines is 1. The van der Waals surface area contributed by atoms with Gasteiger partial charge in [-0.3, -0.25) is 5.10 Å². The van der Waals surface area contributed by atoms with Gasteiger partial charge in [0.05, 0.1) is 13.3 Å². The molecule has 0 aliphatic heterocycles. The molecule has 4 rings (SSSR count). The molecular weight excluding hydrogens is 312 g/mol. The third-order valence-electron chi connectivity index (χ3n) is 4.19. The highest BCUT2D eigenvalue weighted by molar-refractivity contribution is 5.88. The van der Waals surface area contributed by atoms with Gasteiger partial charge in [0.1, 0.15) is 17.2 Å². The molecular formula is C21H18N2O2. The van der Waals surface area contributed by atoms with Crippen molar-refractivity contribution in [3.05, 3.63) is 72.4 Å². The minimum atomic E-state index is 0.705. The highest BCUT2D eigenvalue weighted by Gasteiger charge is 2.11. The molecule has 25 heavy (non-hydrogen) atoms. The molecule has 0 bridgehead atoms. The molecule has 1 aromatic heterocycles. The molecule has 0 unspecified atom stereocenters. The van der Waals surface area contributed by atoms with Gasteiger partial charge < -0.3 is 9.47 Å². The van der Waals surface area contributed by atoms with Crippen LogP contribution in [-0.2, 0) is 0 Å². The van der Waals surface area contributed by atoms with Crippen LogP contribution >= 0.6 is 0 Å². The molecule has 0 radical (unpaired) electrons. The van der Waals surface area contributed by atoms with Crippen molar-refractivity contribution in [2.75, 3.05) is 7.11 Å². The van der Waals surface area contributed by atoms with Crippen LogP contribution in [0.5, 0.6) is 17.2 Å². The van der Waals surface area contributed by atoms with Gasteiger partial charge in [-0.25, -0.2) is 0 Å². The fourth-order valence-electron chi connectivity index (χ4n) is 2.80. The Kier molecular flexibility index (Phi) is 3.86. The number of benzene rings is 3. The highest BCUT2D eigenvalue weighted by Crippen LogP contribution is 2.33. The summed E-state index contributed by atoms with van der Waals surface area (Å²) < 4.78 is 11.3. The Morgan fingerprint density at radius 1 is 0.840 bits per heavy atom. The van der Waals surface area contributed by atoms with E-state index in [1.54, 1.807) is 13.3 Å². The van der Waals surface area contributed by atoms with Gasteiger partial charge in [0.15, 0.2) is 5.75 Å². The van der Waals surface area contributed by atoms with E-state index >= 15 is 0 Å². The molecule has 3 aromatic carbocycles. The van der Waals surface area contributed by atoms with Crippen molar-refractivity contribution in [2.45, 2.75) is 6.92 Å². The summed E-state index contributed by atoms with van der Waals surface area (Å²) in [6.07, 6.45) is 1.70. The Morgan fingerprint density at radius 3 is 2.36 bits per heavy atom. The number of methoxy groups -OCH3 is 1. The van der Waals surface area contributed by atoms with Gasteiger partial charge in [-0.1, -0.05) is 35.9 Å². The zero-order valence-electron chi connectivity index (χ0n) is 14.1. The van der Waals surface area contributed by atoms with Gasteiger partial charge in [0.2, 0.25) is 0 Å². The zero-order chi connectivity index (χ0) is 17.2. The molecule has 1 heterocycles. The molecule has 0 aliphatic carbocycles. The van der Waals surface area contributed by atoms with Gasteiger partial charge in [0, 0.05) is 5.56 Å². The smallest absolute Gasteiger partial charge is 0.172 e. The highest BCUT2D eigenvalue weighted by atomic mass is 16.5. The van der Waals surface area contributed by atoms with Crippen molar-refractivity contribution in [2.24, 2.45) is 0 Å². The minimum Gasteiger partial charge on any atom is -0.497 e. The Morgan fingerprint density at radius 2 is 1.56 bits per heavy atom. The number of H-pyrrole nitrogens is 1. The van der Waals surface area contributed by atoms with Crippen molar-refractivity contribution in [3.8, 4) is 28.5 Å². The maximum Gasteiger partial charge on any atom is 0.172 e. The standard InChI is InChI=1S/C21H18N2O2/c1-14-3-8-18(9-4-14)25-20-13-22-23-21(20)17-6-5-16-12-19(24-2)10-7-15(16)11-17/h3-13H,1-2H3,(H,22,23). The molecule has 4 aromatic rings. The molecule has 0 saturated heterocycles. The van der Waals surface area contributed by atoms with Gasteiger partial charge in [-0.05, 0) is 48.0 Å². The second kappa shape index (κ2) is 6.32. The Labute approximate surface area is 146 Å². The molecule has 4 nitrogen and oxygen atoms in total. The molecule has 0 spiro atoms. The van der Waals surface area contributed by atoms with E-state index in [2.05, 4.69) is 41.4 Å². The number of rotatable bonds is 4. The summed E-state index contributed by atoms with van der Waals surface area (Å²) in [7, 11) is 1.68. The van der Waals surface area contributed by atoms with E-state index in [9.17, 15) is 0 Å². The second-order valence-electron chi connectivity index (χ2n) is 5.95. The second-order valence-corrected chi connectivity index (χ2v) is 5.95. The van der Waals surface area contributed by atoms with Gasteiger partial charge in [0.25, 0.3) is 0 Å². The fraction of sp³-hybridized carbons (Fsp3) is 0.0952. The van der Waals surface area contributed by atoms with Crippen LogP contribution in [0.2, 0.25) is 0 Å². The van der Waals surface area contributed by atoms with Crippen LogP contribution in [0.4, 0.5) is 0 Å². The number of fused-ring (bicyclic) bond motifs is 1. The summed E-state index contributed by atoms with van der Waals surface area (Å²) in [6.45, 7) is 2.05. The van der Waals surface area contributed by atoms with Crippen LogP contribution in [0.1, 0.15) is 5.56 Å². The average Bonchev–Trinajstić information content (AvgIpc) is 3.11. The van der Waals surface area contributed by atoms with Crippen LogP contribution < -0.4 is 9.47 Å². The lowest BCUT2D eigenvalue weighted by molar-refractivity contribution is 0.415. The third-order valence-corrected chi connectivity index (χ3v) is 4.19. The van der Waals surface area contributed by atoms with E-state index in [0.29, 0.717) is 5.75 Å². The molecule has 0 fully saturated rings. The van der Waals surface area contributed by atoms with Crippen LogP contribution in [0.15, 0.2) is 66.9 Å². The largest absolute Gasteiger partial charge is 0.497 e. The summed E-state index contributed by atoms with van der Waals surface area (Å²) in [6, 6.07) is 20.2. The molecule has 0 saturated carbocycles. The average molecular weight is 330 g/mol. The molecule has 0 atom stereocenters. The molecule has 4 heteroatoms. The van der Waals surface area contributed by atoms with Crippen LogP contribution in [0, 0.1) is 6.92 Å². The molecule has 0 aliphatic rings. The van der Waals surface area contributed by atoms with E-state index in [-0.39, 0.29) is 0 Å². The molecule has 0 amide bonds. The summed E-state index contributed by atoms with van der Waals surface area (Å²) in [5, 5.41) is 9.45. The first-order valence-corrected chi connectivity index (χ1v) is 8.09. The normalized spacial score (nSPS) is 10.8. The van der Waals surface area contributed by atoms with Gasteiger partial charge in [-0.15, -0.1) is 0 Å². The quantitative estimate of drug-likeness (QED) is 0.549. The van der Waals surface area contributed by atoms with E-state index in [1.165, 1.54) is 5.56 Å². The van der Waals surface area contributed by atoms with E-state index in [1.807, 2.05) is 36.4 Å². The van der Waals surface area contributed by atoms with Crippen molar-refractivity contribution in [1.82, 2.24) is 10.2 Å². The maximum absolute atomic E-state index is 5.99. The first kappa shape index (κ1) is 15.3. The summed E-state index contributed by atoms with van der Waals surface area (Å²) in [4.78, 5) is 0. The van der Waals surface area contributed by atoms with Gasteiger partial charge in [-0.2, -0.15) is 5.10 Å². The van der Waals surface area contributed by atoms with Crippen molar-refractivity contribution < 1.29 is 9.47 Å². The van der Waals surface area contributed by atoms with Crippen molar-refractivity contribution in [3.63, 3.8) is 0 Å². The lowest BCUT2D eigenvalue weighted by Gasteiger charge is -2.08. The van der Waals surface area contributed by atoms with E-state index < -0.39 is 0 Å². The lowest BCUT2D eigenvalue weighted by atomic mass is 10.0. The molecule has 124 valence electrons. The Hall–Kier alpha value is -3.27. The number of nitrogens with one attached hydrogen (secondary N) is 1. The van der Waals surface area contributed by atoms with Crippen LogP contribution in [0.3, 0.4) is 0 Å². The fourth-order valence-corrected chi connectivity index (χ4v) is 2.80. The number of hydrogen-bond acceptors (Lipinski definition) is 3. The number of aryl methyl sites for hydroxylation is 1. The van der Waals surface area contributed by atoms with Gasteiger partial charge >= 0.3 is 0 Å². The molecule has 1 N–H and O–H groups in total. The zero-order valence-corrected chi connectivity index (χ0v) is 14.1. The SMILES string of the molecule is COc1ccc2cc(-c3[nH]ncc3Oc3ccc(C)cc3)ccc2c1. The predicted octanol–water partition coefficient (Wildman–Crippen LogP) is 5.34. The van der Waals surface area contributed by atoms with E-state index in [0.717, 1.165) is 33.5 Å². The minimum absolute atomic E-state index is 0.705. The Bertz CT molecular complexity index is 1020. The van der Waals surface area contributed by atoms with Crippen molar-refractivity contribution >= 4 is 10.8 Å². The number of aromatic nitrogens is 2. The Balaban J connectivity index is 1.69. The summed E-state index contributed by atoms with van der Waals surface area (Å²) in [5.41, 5.74) is 3.08. The van der Waals surface area contributed by atoms with Crippen molar-refractivity contribution in [1.29, 1.82) is 0 Å². The third kappa shape index (κ3) is 3.06. The first-order chi connectivity index (χ1) is 12.2. The predicted molar refractivity (Wildman–Crippen MR) is 99.3 cm³/mol. The van der Waals surface area contributed by atoms with Crippen LogP contribution in [0.25, 0.3) is 22.0 Å². The number of hydrogen-bond donors (Lipinski definition) is 1. The number of ether oxygens (including phenoxy) is 2. The number of nitrogens with zero attached hydrogens (tertiary/aromatic N) is 1. The maximum atomic E-state index is 5.99. The monoisotopic (exact) mass is 330 g/mol. The topological polar surface area (TPSA) is 47.1 Å². The van der Waals surface area contributed by atoms with Crippen LogP contribution in [-0.4, -0.2) is 17.3 Å².